The Kier molecular flexibility index (Phi) is 4.29. The van der Waals surface area contributed by atoms with E-state index in [0.29, 0.717) is 11.4 Å². The topological polar surface area (TPSA) is 71.1 Å². The predicted molar refractivity (Wildman–Crippen MR) is 89.1 cm³/mol. The normalized spacial score (nSPS) is 10.3. The minimum absolute atomic E-state index is 0.109. The number of rotatable bonds is 4. The molecular formula is C18H15N3O2. The second kappa shape index (κ2) is 6.70. The lowest BCUT2D eigenvalue weighted by Gasteiger charge is -2.07. The molecule has 2 aromatic carbocycles. The first-order valence-electron chi connectivity index (χ1n) is 7.20. The van der Waals surface area contributed by atoms with E-state index in [2.05, 4.69) is 15.6 Å². The van der Waals surface area contributed by atoms with Crippen molar-refractivity contribution in [1.29, 1.82) is 0 Å². The lowest BCUT2D eigenvalue weighted by molar-refractivity contribution is -0.115. The van der Waals surface area contributed by atoms with Gasteiger partial charge in [0.25, 0.3) is 5.91 Å². The van der Waals surface area contributed by atoms with Crippen molar-refractivity contribution < 1.29 is 9.59 Å². The van der Waals surface area contributed by atoms with E-state index in [-0.39, 0.29) is 18.4 Å². The number of aromatic nitrogens is 1. The van der Waals surface area contributed by atoms with E-state index >= 15 is 0 Å². The van der Waals surface area contributed by atoms with Crippen LogP contribution < -0.4 is 10.6 Å². The highest BCUT2D eigenvalue weighted by Crippen LogP contribution is 2.15. The Labute approximate surface area is 133 Å². The second-order valence-corrected chi connectivity index (χ2v) is 5.01. The molecule has 1 heterocycles. The number of nitrogens with zero attached hydrogens (tertiary/aromatic N) is 1. The van der Waals surface area contributed by atoms with Crippen LogP contribution in [0, 0.1) is 0 Å². The van der Waals surface area contributed by atoms with E-state index in [0.717, 1.165) is 10.8 Å². The summed E-state index contributed by atoms with van der Waals surface area (Å²) in [5.41, 5.74) is 0.518. The van der Waals surface area contributed by atoms with Gasteiger partial charge in [-0.25, -0.2) is 4.98 Å². The lowest BCUT2D eigenvalue weighted by Crippen LogP contribution is -2.32. The standard InChI is InChI=1S/C18H15N3O2/c22-17(12-20-18(23)13-6-2-1-3-7-13)21-16-10-14-8-4-5-9-15(14)11-19-16/h1-11H,12H2,(H,20,23)(H,19,21,22). The number of carbonyl (C=O) groups is 2. The Balaban J connectivity index is 1.59. The van der Waals surface area contributed by atoms with E-state index in [1.165, 1.54) is 0 Å². The molecule has 3 aromatic rings. The maximum absolute atomic E-state index is 11.9. The maximum atomic E-state index is 11.9. The predicted octanol–water partition coefficient (Wildman–Crippen LogP) is 2.60. The minimum atomic E-state index is -0.322. The summed E-state index contributed by atoms with van der Waals surface area (Å²) in [7, 11) is 0. The summed E-state index contributed by atoms with van der Waals surface area (Å²) in [6, 6.07) is 18.3. The highest BCUT2D eigenvalue weighted by Gasteiger charge is 2.08. The molecule has 2 amide bonds. The van der Waals surface area contributed by atoms with Crippen molar-refractivity contribution in [2.75, 3.05) is 11.9 Å². The summed E-state index contributed by atoms with van der Waals surface area (Å²) in [6.07, 6.45) is 1.70. The summed E-state index contributed by atoms with van der Waals surface area (Å²) < 4.78 is 0. The third-order valence-electron chi connectivity index (χ3n) is 3.34. The van der Waals surface area contributed by atoms with E-state index < -0.39 is 0 Å². The number of pyridine rings is 1. The SMILES string of the molecule is O=C(CNC(=O)c1ccccc1)Nc1cc2ccccc2cn1. The van der Waals surface area contributed by atoms with Crippen LogP contribution in [0.15, 0.2) is 66.9 Å². The van der Waals surface area contributed by atoms with Gasteiger partial charge in [-0.1, -0.05) is 42.5 Å². The van der Waals surface area contributed by atoms with Crippen molar-refractivity contribution in [2.45, 2.75) is 0 Å². The summed E-state index contributed by atoms with van der Waals surface area (Å²) in [6.45, 7) is -0.109. The fourth-order valence-electron chi connectivity index (χ4n) is 2.19. The number of nitrogens with one attached hydrogen (secondary N) is 2. The number of anilines is 1. The third-order valence-corrected chi connectivity index (χ3v) is 3.34. The van der Waals surface area contributed by atoms with Gasteiger partial charge in [0.15, 0.2) is 0 Å². The Hall–Kier alpha value is -3.21. The Bertz CT molecular complexity index is 847. The van der Waals surface area contributed by atoms with Crippen LogP contribution in [0.5, 0.6) is 0 Å². The zero-order valence-corrected chi connectivity index (χ0v) is 12.3. The fourth-order valence-corrected chi connectivity index (χ4v) is 2.19. The van der Waals surface area contributed by atoms with Crippen LogP contribution in [-0.2, 0) is 4.79 Å². The maximum Gasteiger partial charge on any atom is 0.251 e. The molecule has 0 unspecified atom stereocenters. The van der Waals surface area contributed by atoms with Crippen molar-refractivity contribution in [3.8, 4) is 0 Å². The lowest BCUT2D eigenvalue weighted by atomic mass is 10.2. The number of hydrogen-bond donors (Lipinski definition) is 2. The summed E-state index contributed by atoms with van der Waals surface area (Å²) in [4.78, 5) is 28.0. The van der Waals surface area contributed by atoms with Gasteiger partial charge < -0.3 is 10.6 Å². The monoisotopic (exact) mass is 305 g/mol. The first-order chi connectivity index (χ1) is 11.2. The quantitative estimate of drug-likeness (QED) is 0.778. The summed E-state index contributed by atoms with van der Waals surface area (Å²) in [5, 5.41) is 7.25. The van der Waals surface area contributed by atoms with E-state index in [4.69, 9.17) is 0 Å². The van der Waals surface area contributed by atoms with Crippen LogP contribution in [0.4, 0.5) is 5.82 Å². The van der Waals surface area contributed by atoms with Crippen molar-refractivity contribution >= 4 is 28.4 Å². The van der Waals surface area contributed by atoms with Crippen LogP contribution in [0.1, 0.15) is 10.4 Å². The average molecular weight is 305 g/mol. The minimum Gasteiger partial charge on any atom is -0.343 e. The molecule has 0 aliphatic carbocycles. The van der Waals surface area contributed by atoms with Gasteiger partial charge in [0, 0.05) is 17.1 Å². The van der Waals surface area contributed by atoms with Gasteiger partial charge in [-0.3, -0.25) is 9.59 Å². The van der Waals surface area contributed by atoms with Crippen molar-refractivity contribution in [3.63, 3.8) is 0 Å². The van der Waals surface area contributed by atoms with Crippen LogP contribution in [0.3, 0.4) is 0 Å². The number of fused-ring (bicyclic) bond motifs is 1. The average Bonchev–Trinajstić information content (AvgIpc) is 2.60. The molecule has 114 valence electrons. The number of benzene rings is 2. The molecule has 3 rings (SSSR count). The number of carbonyl (C=O) groups excluding carboxylic acids is 2. The Morgan fingerprint density at radius 3 is 2.39 bits per heavy atom. The van der Waals surface area contributed by atoms with Crippen molar-refractivity contribution in [2.24, 2.45) is 0 Å². The fraction of sp³-hybridized carbons (Fsp3) is 0.0556. The van der Waals surface area contributed by atoms with Crippen LogP contribution in [0.25, 0.3) is 10.8 Å². The second-order valence-electron chi connectivity index (χ2n) is 5.01. The van der Waals surface area contributed by atoms with Gasteiger partial charge in [0.05, 0.1) is 6.54 Å². The molecule has 1 aromatic heterocycles. The van der Waals surface area contributed by atoms with E-state index in [9.17, 15) is 9.59 Å². The molecule has 0 aliphatic rings. The van der Waals surface area contributed by atoms with Crippen LogP contribution in [-0.4, -0.2) is 23.3 Å². The third kappa shape index (κ3) is 3.71. The molecule has 0 fully saturated rings. The van der Waals surface area contributed by atoms with Gasteiger partial charge >= 0.3 is 0 Å². The first-order valence-corrected chi connectivity index (χ1v) is 7.20. The largest absolute Gasteiger partial charge is 0.343 e. The molecule has 0 saturated carbocycles. The van der Waals surface area contributed by atoms with E-state index in [1.807, 2.05) is 30.3 Å². The smallest absolute Gasteiger partial charge is 0.251 e. The molecule has 2 N–H and O–H groups in total. The molecule has 0 bridgehead atoms. The van der Waals surface area contributed by atoms with E-state index in [1.54, 1.807) is 36.5 Å². The van der Waals surface area contributed by atoms with Crippen molar-refractivity contribution in [1.82, 2.24) is 10.3 Å². The molecule has 23 heavy (non-hydrogen) atoms. The highest BCUT2D eigenvalue weighted by molar-refractivity contribution is 5.99. The van der Waals surface area contributed by atoms with Gasteiger partial charge in [0.1, 0.15) is 5.82 Å². The Morgan fingerprint density at radius 2 is 1.61 bits per heavy atom. The van der Waals surface area contributed by atoms with Gasteiger partial charge in [-0.05, 0) is 23.6 Å². The van der Waals surface area contributed by atoms with Crippen LogP contribution in [0.2, 0.25) is 0 Å². The van der Waals surface area contributed by atoms with Gasteiger partial charge in [-0.15, -0.1) is 0 Å². The molecule has 0 aliphatic heterocycles. The Morgan fingerprint density at radius 1 is 0.913 bits per heavy atom. The first kappa shape index (κ1) is 14.7. The number of amides is 2. The molecule has 0 saturated heterocycles. The summed E-state index contributed by atoms with van der Waals surface area (Å²) in [5.74, 6) is -0.146. The number of hydrogen-bond acceptors (Lipinski definition) is 3. The molecular weight excluding hydrogens is 290 g/mol. The molecule has 0 radical (unpaired) electrons. The van der Waals surface area contributed by atoms with Gasteiger partial charge in [-0.2, -0.15) is 0 Å². The molecule has 0 spiro atoms. The van der Waals surface area contributed by atoms with Crippen molar-refractivity contribution in [3.05, 3.63) is 72.4 Å². The molecule has 5 heteroatoms. The molecule has 0 atom stereocenters. The van der Waals surface area contributed by atoms with Crippen LogP contribution >= 0.6 is 0 Å². The molecule has 5 nitrogen and oxygen atoms in total. The van der Waals surface area contributed by atoms with Gasteiger partial charge in [0.2, 0.25) is 5.91 Å². The zero-order valence-electron chi connectivity index (χ0n) is 12.3. The highest BCUT2D eigenvalue weighted by atomic mass is 16.2. The summed E-state index contributed by atoms with van der Waals surface area (Å²) >= 11 is 0. The zero-order chi connectivity index (χ0) is 16.1.